The molecule has 9 nitrogen and oxygen atoms in total. The molecule has 0 aliphatic heterocycles. The molecule has 148 valence electrons. The van der Waals surface area contributed by atoms with Crippen LogP contribution in [0.4, 0.5) is 0 Å². The summed E-state index contributed by atoms with van der Waals surface area (Å²) in [5.41, 5.74) is 0.800. The Balaban J connectivity index is 1.66. The van der Waals surface area contributed by atoms with Crippen molar-refractivity contribution < 1.29 is 18.6 Å². The van der Waals surface area contributed by atoms with Crippen LogP contribution in [0.3, 0.4) is 0 Å². The van der Waals surface area contributed by atoms with Crippen LogP contribution in [0.25, 0.3) is 0 Å². The Morgan fingerprint density at radius 3 is 2.59 bits per heavy atom. The van der Waals surface area contributed by atoms with Gasteiger partial charge in [0.15, 0.2) is 0 Å². The number of nitrogens with zero attached hydrogens (tertiary/aromatic N) is 4. The summed E-state index contributed by atoms with van der Waals surface area (Å²) in [7, 11) is 0.0931. The molecule has 1 aromatic carbocycles. The second-order valence-electron chi connectivity index (χ2n) is 7.19. The van der Waals surface area contributed by atoms with E-state index in [0.29, 0.717) is 19.5 Å². The van der Waals surface area contributed by atoms with Crippen molar-refractivity contribution in [2.45, 2.75) is 42.7 Å². The Kier molecular flexibility index (Phi) is 5.92. The Bertz CT molecular complexity index is 855. The Hall–Kier alpha value is -1.85. The van der Waals surface area contributed by atoms with Crippen molar-refractivity contribution in [1.29, 1.82) is 0 Å². The van der Waals surface area contributed by atoms with Crippen molar-refractivity contribution in [3.8, 4) is 0 Å². The summed E-state index contributed by atoms with van der Waals surface area (Å²) in [6.07, 6.45) is -0.133. The van der Waals surface area contributed by atoms with Crippen molar-refractivity contribution in [3.63, 3.8) is 0 Å². The molecule has 3 rings (SSSR count). The van der Waals surface area contributed by atoms with E-state index in [-0.39, 0.29) is 10.8 Å². The van der Waals surface area contributed by atoms with E-state index in [9.17, 15) is 18.6 Å². The minimum absolute atomic E-state index is 0.125. The molecule has 0 spiro atoms. The molecule has 1 saturated carbocycles. The lowest BCUT2D eigenvalue weighted by Crippen LogP contribution is -2.43. The van der Waals surface area contributed by atoms with E-state index in [2.05, 4.69) is 15.0 Å². The van der Waals surface area contributed by atoms with Gasteiger partial charge >= 0.3 is 0 Å². The summed E-state index contributed by atoms with van der Waals surface area (Å²) in [5.74, 6) is -0.336. The second kappa shape index (κ2) is 8.03. The SMILES string of the molecule is CN(C)Cc1cn(CC2CC(NS(=O)(=O)c3ccccc3)C(O)C2O)nn1. The third-order valence-corrected chi connectivity index (χ3v) is 6.15. The molecule has 1 aliphatic rings. The molecule has 1 aliphatic carbocycles. The predicted molar refractivity (Wildman–Crippen MR) is 98.1 cm³/mol. The summed E-state index contributed by atoms with van der Waals surface area (Å²) in [6, 6.07) is 7.20. The first-order chi connectivity index (χ1) is 12.8. The number of benzene rings is 1. The lowest BCUT2D eigenvalue weighted by atomic mass is 10.1. The van der Waals surface area contributed by atoms with Gasteiger partial charge in [0.05, 0.1) is 28.8 Å². The number of sulfonamides is 1. The molecule has 4 unspecified atom stereocenters. The summed E-state index contributed by atoms with van der Waals surface area (Å²) in [4.78, 5) is 2.09. The maximum Gasteiger partial charge on any atom is 0.240 e. The van der Waals surface area contributed by atoms with Crippen LogP contribution < -0.4 is 4.72 Å². The van der Waals surface area contributed by atoms with Gasteiger partial charge in [-0.05, 0) is 32.6 Å². The molecule has 2 aromatic rings. The number of rotatable bonds is 7. The number of aliphatic hydroxyl groups is 2. The second-order valence-corrected chi connectivity index (χ2v) is 8.90. The Labute approximate surface area is 158 Å². The highest BCUT2D eigenvalue weighted by Gasteiger charge is 2.43. The van der Waals surface area contributed by atoms with Crippen molar-refractivity contribution in [2.24, 2.45) is 5.92 Å². The first kappa shape index (κ1) is 19.9. The first-order valence-electron chi connectivity index (χ1n) is 8.73. The van der Waals surface area contributed by atoms with E-state index in [1.807, 2.05) is 19.0 Å². The van der Waals surface area contributed by atoms with E-state index in [1.54, 1.807) is 29.1 Å². The summed E-state index contributed by atoms with van der Waals surface area (Å²) >= 11 is 0. The zero-order valence-electron chi connectivity index (χ0n) is 15.3. The molecular formula is C17H25N5O4S. The fraction of sp³-hybridized carbons (Fsp3) is 0.529. The van der Waals surface area contributed by atoms with Crippen molar-refractivity contribution in [2.75, 3.05) is 14.1 Å². The van der Waals surface area contributed by atoms with Gasteiger partial charge in [-0.3, -0.25) is 4.68 Å². The minimum atomic E-state index is -3.77. The molecule has 4 atom stereocenters. The molecular weight excluding hydrogens is 370 g/mol. The van der Waals surface area contributed by atoms with Gasteiger partial charge in [-0.15, -0.1) is 5.10 Å². The van der Waals surface area contributed by atoms with Crippen LogP contribution in [0.5, 0.6) is 0 Å². The van der Waals surface area contributed by atoms with Crippen molar-refractivity contribution in [1.82, 2.24) is 24.6 Å². The number of aliphatic hydroxyl groups excluding tert-OH is 2. The van der Waals surface area contributed by atoms with Gasteiger partial charge in [-0.25, -0.2) is 13.1 Å². The van der Waals surface area contributed by atoms with Crippen LogP contribution >= 0.6 is 0 Å². The molecule has 0 radical (unpaired) electrons. The fourth-order valence-corrected chi connectivity index (χ4v) is 4.64. The van der Waals surface area contributed by atoms with E-state index in [4.69, 9.17) is 0 Å². The molecule has 3 N–H and O–H groups in total. The van der Waals surface area contributed by atoms with Crippen LogP contribution in [-0.2, 0) is 23.1 Å². The number of hydrogen-bond acceptors (Lipinski definition) is 7. The summed E-state index contributed by atoms with van der Waals surface area (Å²) in [6.45, 7) is 0.998. The van der Waals surface area contributed by atoms with Gasteiger partial charge in [0, 0.05) is 25.2 Å². The van der Waals surface area contributed by atoms with Crippen LogP contribution in [0.15, 0.2) is 41.4 Å². The van der Waals surface area contributed by atoms with Gasteiger partial charge < -0.3 is 15.1 Å². The Morgan fingerprint density at radius 1 is 1.22 bits per heavy atom. The Morgan fingerprint density at radius 2 is 1.93 bits per heavy atom. The fourth-order valence-electron chi connectivity index (χ4n) is 3.35. The van der Waals surface area contributed by atoms with Gasteiger partial charge in [0.1, 0.15) is 0 Å². The summed E-state index contributed by atoms with van der Waals surface area (Å²) < 4.78 is 29.1. The van der Waals surface area contributed by atoms with Gasteiger partial charge in [0.25, 0.3) is 0 Å². The molecule has 0 bridgehead atoms. The van der Waals surface area contributed by atoms with Gasteiger partial charge in [-0.2, -0.15) is 0 Å². The van der Waals surface area contributed by atoms with E-state index >= 15 is 0 Å². The molecule has 1 fully saturated rings. The monoisotopic (exact) mass is 395 g/mol. The highest BCUT2D eigenvalue weighted by molar-refractivity contribution is 7.89. The molecule has 0 amide bonds. The molecule has 0 saturated heterocycles. The predicted octanol–water partition coefficient (Wildman–Crippen LogP) is -0.571. The highest BCUT2D eigenvalue weighted by Crippen LogP contribution is 2.29. The molecule has 10 heteroatoms. The zero-order chi connectivity index (χ0) is 19.6. The number of nitrogens with one attached hydrogen (secondary N) is 1. The first-order valence-corrected chi connectivity index (χ1v) is 10.2. The van der Waals surface area contributed by atoms with Gasteiger partial charge in [-0.1, -0.05) is 23.4 Å². The largest absolute Gasteiger partial charge is 0.390 e. The van der Waals surface area contributed by atoms with Crippen LogP contribution in [0.2, 0.25) is 0 Å². The average Bonchev–Trinajstić information content (AvgIpc) is 3.15. The lowest BCUT2D eigenvalue weighted by Gasteiger charge is -2.18. The topological polar surface area (TPSA) is 121 Å². The van der Waals surface area contributed by atoms with Crippen LogP contribution in [-0.4, -0.2) is 70.9 Å². The molecule has 27 heavy (non-hydrogen) atoms. The highest BCUT2D eigenvalue weighted by atomic mass is 32.2. The number of aromatic nitrogens is 3. The minimum Gasteiger partial charge on any atom is -0.390 e. The number of hydrogen-bond donors (Lipinski definition) is 3. The quantitative estimate of drug-likeness (QED) is 0.574. The third-order valence-electron chi connectivity index (χ3n) is 4.65. The third kappa shape index (κ3) is 4.71. The van der Waals surface area contributed by atoms with Crippen LogP contribution in [0.1, 0.15) is 12.1 Å². The van der Waals surface area contributed by atoms with Crippen molar-refractivity contribution >= 4 is 10.0 Å². The van der Waals surface area contributed by atoms with E-state index in [1.165, 1.54) is 12.1 Å². The average molecular weight is 395 g/mol. The summed E-state index contributed by atoms with van der Waals surface area (Å²) in [5, 5.41) is 28.8. The molecule has 1 heterocycles. The smallest absolute Gasteiger partial charge is 0.240 e. The van der Waals surface area contributed by atoms with E-state index < -0.39 is 28.3 Å². The molecule has 1 aromatic heterocycles. The standard InChI is InChI=1S/C17H25N5O4S/c1-21(2)10-13-11-22(20-18-13)9-12-8-15(17(24)16(12)23)19-27(25,26)14-6-4-3-5-7-14/h3-7,11-12,15-17,19,23-24H,8-10H2,1-2H3. The lowest BCUT2D eigenvalue weighted by molar-refractivity contribution is 0.00972. The maximum absolute atomic E-state index is 12.5. The van der Waals surface area contributed by atoms with Crippen LogP contribution in [0, 0.1) is 5.92 Å². The van der Waals surface area contributed by atoms with Crippen molar-refractivity contribution in [3.05, 3.63) is 42.2 Å². The zero-order valence-corrected chi connectivity index (χ0v) is 16.1. The van der Waals surface area contributed by atoms with E-state index in [0.717, 1.165) is 5.69 Å². The maximum atomic E-state index is 12.5. The van der Waals surface area contributed by atoms with Gasteiger partial charge in [0.2, 0.25) is 10.0 Å². The normalized spacial score (nSPS) is 26.0.